The Balaban J connectivity index is 1.60. The SMILES string of the molecule is CCc1nc2ccccc2n1C1CCN(c2ncc(Cl)cc2[N+](=O)[O-])CC1. The number of para-hydroxylation sites is 2. The van der Waals surface area contributed by atoms with Crippen molar-refractivity contribution in [3.63, 3.8) is 0 Å². The molecule has 1 aliphatic heterocycles. The fourth-order valence-corrected chi connectivity index (χ4v) is 4.04. The predicted molar refractivity (Wildman–Crippen MR) is 105 cm³/mol. The van der Waals surface area contributed by atoms with Crippen LogP contribution in [-0.2, 0) is 6.42 Å². The van der Waals surface area contributed by atoms with E-state index >= 15 is 0 Å². The number of hydrogen-bond donors (Lipinski definition) is 0. The van der Waals surface area contributed by atoms with Gasteiger partial charge in [0.05, 0.1) is 21.0 Å². The van der Waals surface area contributed by atoms with Crippen molar-refractivity contribution >= 4 is 34.1 Å². The maximum atomic E-state index is 11.4. The summed E-state index contributed by atoms with van der Waals surface area (Å²) in [5.74, 6) is 1.49. The number of aryl methyl sites for hydroxylation is 1. The highest BCUT2D eigenvalue weighted by Gasteiger charge is 2.28. The lowest BCUT2D eigenvalue weighted by Crippen LogP contribution is -2.36. The van der Waals surface area contributed by atoms with Gasteiger partial charge >= 0.3 is 5.69 Å². The Morgan fingerprint density at radius 2 is 2.04 bits per heavy atom. The van der Waals surface area contributed by atoms with Crippen molar-refractivity contribution in [2.24, 2.45) is 0 Å². The molecule has 1 aliphatic rings. The summed E-state index contributed by atoms with van der Waals surface area (Å²) in [5.41, 5.74) is 2.14. The van der Waals surface area contributed by atoms with Crippen molar-refractivity contribution in [1.82, 2.24) is 14.5 Å². The van der Waals surface area contributed by atoms with Crippen LogP contribution >= 0.6 is 11.6 Å². The van der Waals surface area contributed by atoms with E-state index in [1.807, 2.05) is 23.1 Å². The molecule has 1 aromatic carbocycles. The van der Waals surface area contributed by atoms with Crippen LogP contribution in [-0.4, -0.2) is 32.5 Å². The molecule has 27 heavy (non-hydrogen) atoms. The van der Waals surface area contributed by atoms with Gasteiger partial charge in [-0.05, 0) is 25.0 Å². The van der Waals surface area contributed by atoms with Gasteiger partial charge in [-0.1, -0.05) is 30.7 Å². The Bertz CT molecular complexity index is 995. The van der Waals surface area contributed by atoms with E-state index in [2.05, 4.69) is 22.5 Å². The van der Waals surface area contributed by atoms with Gasteiger partial charge < -0.3 is 9.47 Å². The molecule has 1 fully saturated rings. The monoisotopic (exact) mass is 385 g/mol. The Morgan fingerprint density at radius 3 is 2.74 bits per heavy atom. The number of anilines is 1. The summed E-state index contributed by atoms with van der Waals surface area (Å²) >= 11 is 5.88. The Morgan fingerprint density at radius 1 is 1.30 bits per heavy atom. The van der Waals surface area contributed by atoms with Crippen LogP contribution < -0.4 is 4.90 Å². The number of nitrogens with zero attached hydrogens (tertiary/aromatic N) is 5. The van der Waals surface area contributed by atoms with E-state index < -0.39 is 4.92 Å². The van der Waals surface area contributed by atoms with Crippen molar-refractivity contribution in [2.75, 3.05) is 18.0 Å². The second-order valence-electron chi connectivity index (χ2n) is 6.71. The molecule has 0 atom stereocenters. The third kappa shape index (κ3) is 3.23. The van der Waals surface area contributed by atoms with Gasteiger partial charge in [0.25, 0.3) is 0 Å². The van der Waals surface area contributed by atoms with E-state index in [1.165, 1.54) is 12.3 Å². The first-order valence-corrected chi connectivity index (χ1v) is 9.47. The number of aromatic nitrogens is 3. The third-order valence-corrected chi connectivity index (χ3v) is 5.33. The van der Waals surface area contributed by atoms with Crippen LogP contribution in [0.15, 0.2) is 36.5 Å². The summed E-state index contributed by atoms with van der Waals surface area (Å²) in [7, 11) is 0. The van der Waals surface area contributed by atoms with E-state index in [9.17, 15) is 10.1 Å². The van der Waals surface area contributed by atoms with Crippen LogP contribution in [0.5, 0.6) is 0 Å². The molecule has 7 nitrogen and oxygen atoms in total. The molecule has 3 heterocycles. The molecule has 0 bridgehead atoms. The minimum Gasteiger partial charge on any atom is -0.351 e. The van der Waals surface area contributed by atoms with E-state index in [4.69, 9.17) is 16.6 Å². The smallest absolute Gasteiger partial charge is 0.313 e. The third-order valence-electron chi connectivity index (χ3n) is 5.12. The van der Waals surface area contributed by atoms with Crippen molar-refractivity contribution in [1.29, 1.82) is 0 Å². The zero-order chi connectivity index (χ0) is 19.0. The molecule has 2 aromatic heterocycles. The standard InChI is InChI=1S/C19H20ClN5O2/c1-2-18-22-15-5-3-4-6-16(15)24(18)14-7-9-23(10-8-14)19-17(25(26)27)11-13(20)12-21-19/h3-6,11-12,14H,2,7-10H2,1H3. The quantitative estimate of drug-likeness (QED) is 0.491. The molecule has 0 unspecified atom stereocenters. The van der Waals surface area contributed by atoms with Crippen LogP contribution in [0, 0.1) is 10.1 Å². The summed E-state index contributed by atoms with van der Waals surface area (Å²) < 4.78 is 2.34. The zero-order valence-corrected chi connectivity index (χ0v) is 15.8. The first-order chi connectivity index (χ1) is 13.1. The topological polar surface area (TPSA) is 77.1 Å². The number of halogens is 1. The fraction of sp³-hybridized carbons (Fsp3) is 0.368. The first-order valence-electron chi connectivity index (χ1n) is 9.09. The van der Waals surface area contributed by atoms with Crippen LogP contribution in [0.4, 0.5) is 11.5 Å². The average molecular weight is 386 g/mol. The number of rotatable bonds is 4. The largest absolute Gasteiger partial charge is 0.351 e. The number of benzene rings is 1. The number of pyridine rings is 1. The highest BCUT2D eigenvalue weighted by molar-refractivity contribution is 6.30. The van der Waals surface area contributed by atoms with Crippen molar-refractivity contribution in [3.05, 3.63) is 57.5 Å². The molecule has 0 N–H and O–H groups in total. The summed E-state index contributed by atoms with van der Waals surface area (Å²) in [5, 5.41) is 11.6. The van der Waals surface area contributed by atoms with Gasteiger partial charge in [-0.15, -0.1) is 0 Å². The second-order valence-corrected chi connectivity index (χ2v) is 7.15. The molecule has 0 amide bonds. The molecule has 0 saturated carbocycles. The number of piperidine rings is 1. The average Bonchev–Trinajstić information content (AvgIpc) is 3.06. The van der Waals surface area contributed by atoms with E-state index in [1.54, 1.807) is 0 Å². The Kier molecular flexibility index (Phi) is 4.70. The number of fused-ring (bicyclic) bond motifs is 1. The highest BCUT2D eigenvalue weighted by Crippen LogP contribution is 2.34. The van der Waals surface area contributed by atoms with Crippen LogP contribution in [0.3, 0.4) is 0 Å². The number of imidazole rings is 1. The van der Waals surface area contributed by atoms with E-state index in [0.29, 0.717) is 24.9 Å². The minimum atomic E-state index is -0.418. The summed E-state index contributed by atoms with van der Waals surface area (Å²) in [6, 6.07) is 9.90. The molecule has 140 valence electrons. The second kappa shape index (κ2) is 7.15. The number of hydrogen-bond acceptors (Lipinski definition) is 5. The summed E-state index contributed by atoms with van der Waals surface area (Å²) in [6.07, 6.45) is 4.11. The highest BCUT2D eigenvalue weighted by atomic mass is 35.5. The van der Waals surface area contributed by atoms with Gasteiger partial charge in [0.2, 0.25) is 5.82 Å². The molecule has 0 aliphatic carbocycles. The van der Waals surface area contributed by atoms with Crippen molar-refractivity contribution in [2.45, 2.75) is 32.2 Å². The van der Waals surface area contributed by atoms with Gasteiger partial charge in [-0.2, -0.15) is 0 Å². The summed E-state index contributed by atoms with van der Waals surface area (Å²) in [4.78, 5) is 21.9. The molecular formula is C19H20ClN5O2. The lowest BCUT2D eigenvalue weighted by Gasteiger charge is -2.34. The summed E-state index contributed by atoms with van der Waals surface area (Å²) in [6.45, 7) is 3.53. The molecule has 0 spiro atoms. The van der Waals surface area contributed by atoms with Gasteiger partial charge in [-0.3, -0.25) is 10.1 Å². The lowest BCUT2D eigenvalue weighted by atomic mass is 10.0. The first kappa shape index (κ1) is 17.7. The van der Waals surface area contributed by atoms with E-state index in [-0.39, 0.29) is 10.7 Å². The normalized spacial score (nSPS) is 15.4. The Labute approximate surface area is 161 Å². The maximum Gasteiger partial charge on any atom is 0.313 e. The molecule has 1 saturated heterocycles. The molecular weight excluding hydrogens is 366 g/mol. The lowest BCUT2D eigenvalue weighted by molar-refractivity contribution is -0.384. The molecule has 8 heteroatoms. The molecule has 4 rings (SSSR count). The predicted octanol–water partition coefficient (Wildman–Crippen LogP) is 4.40. The van der Waals surface area contributed by atoms with E-state index in [0.717, 1.165) is 36.1 Å². The van der Waals surface area contributed by atoms with Crippen molar-refractivity contribution < 1.29 is 4.92 Å². The van der Waals surface area contributed by atoms with Crippen LogP contribution in [0.2, 0.25) is 5.02 Å². The molecule has 0 radical (unpaired) electrons. The number of nitro groups is 1. The van der Waals surface area contributed by atoms with Crippen molar-refractivity contribution in [3.8, 4) is 0 Å². The van der Waals surface area contributed by atoms with Gasteiger partial charge in [-0.25, -0.2) is 9.97 Å². The minimum absolute atomic E-state index is 0.0386. The van der Waals surface area contributed by atoms with Gasteiger partial charge in [0.1, 0.15) is 5.82 Å². The van der Waals surface area contributed by atoms with Crippen LogP contribution in [0.25, 0.3) is 11.0 Å². The molecule has 3 aromatic rings. The fourth-order valence-electron chi connectivity index (χ4n) is 3.89. The Hall–Kier alpha value is -2.67. The van der Waals surface area contributed by atoms with Gasteiger partial charge in [0, 0.05) is 37.8 Å². The zero-order valence-electron chi connectivity index (χ0n) is 15.0. The van der Waals surface area contributed by atoms with Gasteiger partial charge in [0.15, 0.2) is 0 Å². The maximum absolute atomic E-state index is 11.4. The van der Waals surface area contributed by atoms with Crippen LogP contribution in [0.1, 0.15) is 31.6 Å².